The first-order chi connectivity index (χ1) is 6.11. The molecule has 1 unspecified atom stereocenters. The average molecular weight is 186 g/mol. The topological polar surface area (TPSA) is 69.6 Å². The molecule has 0 amide bonds. The summed E-state index contributed by atoms with van der Waals surface area (Å²) in [6.45, 7) is 0.670. The number of carboxylic acids is 1. The number of carbonyl (C=O) groups is 2. The average Bonchev–Trinajstić information content (AvgIpc) is 2.03. The van der Waals surface area contributed by atoms with Crippen molar-refractivity contribution in [2.75, 3.05) is 20.1 Å². The third-order valence-electron chi connectivity index (χ3n) is 2.07. The van der Waals surface area contributed by atoms with Gasteiger partial charge in [0.05, 0.1) is 6.54 Å². The Bertz CT molecular complexity index is 217. The molecule has 1 rings (SSSR count). The summed E-state index contributed by atoms with van der Waals surface area (Å²) in [5.74, 6) is -0.835. The van der Waals surface area contributed by atoms with Crippen molar-refractivity contribution >= 4 is 11.8 Å². The number of likely N-dealkylation sites (N-methyl/N-ethyl adjacent to an activating group) is 1. The molecule has 13 heavy (non-hydrogen) atoms. The van der Waals surface area contributed by atoms with Crippen molar-refractivity contribution in [2.24, 2.45) is 0 Å². The Morgan fingerprint density at radius 3 is 3.00 bits per heavy atom. The maximum atomic E-state index is 11.3. The van der Waals surface area contributed by atoms with E-state index in [4.69, 9.17) is 5.11 Å². The highest BCUT2D eigenvalue weighted by Gasteiger charge is 2.26. The quantitative estimate of drug-likeness (QED) is 0.609. The van der Waals surface area contributed by atoms with Gasteiger partial charge < -0.3 is 5.11 Å². The van der Waals surface area contributed by atoms with E-state index >= 15 is 0 Å². The van der Waals surface area contributed by atoms with Gasteiger partial charge in [0, 0.05) is 6.42 Å². The molecular weight excluding hydrogens is 172 g/mol. The van der Waals surface area contributed by atoms with E-state index in [9.17, 15) is 9.59 Å². The second-order valence-electron chi connectivity index (χ2n) is 3.24. The lowest BCUT2D eigenvalue weighted by molar-refractivity contribution is -0.139. The predicted octanol–water partition coefficient (Wildman–Crippen LogP) is -0.719. The van der Waals surface area contributed by atoms with Crippen molar-refractivity contribution in [3.63, 3.8) is 0 Å². The molecule has 1 fully saturated rings. The molecule has 1 aliphatic heterocycles. The number of nitrogens with zero attached hydrogens (tertiary/aromatic N) is 1. The number of Topliss-reactive ketones (excluding diaryl/α,β-unsaturated/α-hetero) is 1. The van der Waals surface area contributed by atoms with Crippen LogP contribution < -0.4 is 5.32 Å². The lowest BCUT2D eigenvalue weighted by Gasteiger charge is -2.29. The summed E-state index contributed by atoms with van der Waals surface area (Å²) >= 11 is 0. The van der Waals surface area contributed by atoms with Crippen LogP contribution in [0.2, 0.25) is 0 Å². The van der Waals surface area contributed by atoms with Crippen LogP contribution in [0.1, 0.15) is 12.8 Å². The van der Waals surface area contributed by atoms with Crippen LogP contribution in [0.25, 0.3) is 0 Å². The van der Waals surface area contributed by atoms with Gasteiger partial charge in [-0.05, 0) is 20.0 Å². The van der Waals surface area contributed by atoms with Gasteiger partial charge in [-0.25, -0.2) is 0 Å². The first-order valence-electron chi connectivity index (χ1n) is 4.29. The molecule has 74 valence electrons. The Morgan fingerprint density at radius 2 is 2.46 bits per heavy atom. The highest BCUT2D eigenvalue weighted by molar-refractivity contribution is 5.84. The fourth-order valence-electron chi connectivity index (χ4n) is 1.46. The maximum absolute atomic E-state index is 11.3. The molecule has 2 N–H and O–H groups in total. The van der Waals surface area contributed by atoms with E-state index in [1.807, 2.05) is 0 Å². The number of hydrogen-bond acceptors (Lipinski definition) is 4. The number of carboxylic acid groups (broad SMARTS) is 1. The van der Waals surface area contributed by atoms with Gasteiger partial charge in [-0.1, -0.05) is 0 Å². The van der Waals surface area contributed by atoms with Crippen molar-refractivity contribution in [3.8, 4) is 0 Å². The molecule has 0 aromatic carbocycles. The van der Waals surface area contributed by atoms with Crippen molar-refractivity contribution < 1.29 is 14.7 Å². The Morgan fingerprint density at radius 1 is 1.77 bits per heavy atom. The van der Waals surface area contributed by atoms with Gasteiger partial charge in [0.25, 0.3) is 0 Å². The minimum absolute atomic E-state index is 0.0787. The first kappa shape index (κ1) is 10.1. The van der Waals surface area contributed by atoms with E-state index in [1.165, 1.54) is 4.90 Å². The minimum Gasteiger partial charge on any atom is -0.480 e. The van der Waals surface area contributed by atoms with Crippen LogP contribution in [0.5, 0.6) is 0 Å². The van der Waals surface area contributed by atoms with Gasteiger partial charge in [-0.15, -0.1) is 0 Å². The van der Waals surface area contributed by atoms with E-state index in [0.29, 0.717) is 6.42 Å². The second kappa shape index (κ2) is 4.34. The zero-order valence-corrected chi connectivity index (χ0v) is 7.62. The van der Waals surface area contributed by atoms with E-state index in [1.54, 1.807) is 7.05 Å². The Labute approximate surface area is 76.7 Å². The van der Waals surface area contributed by atoms with Gasteiger partial charge in [0.15, 0.2) is 5.78 Å². The fourth-order valence-corrected chi connectivity index (χ4v) is 1.46. The molecule has 1 heterocycles. The number of rotatable bonds is 3. The van der Waals surface area contributed by atoms with Gasteiger partial charge >= 0.3 is 5.97 Å². The van der Waals surface area contributed by atoms with Crippen molar-refractivity contribution in [1.82, 2.24) is 10.2 Å². The number of hydrogen-bond donors (Lipinski definition) is 2. The first-order valence-corrected chi connectivity index (χ1v) is 4.29. The van der Waals surface area contributed by atoms with Gasteiger partial charge in [0.2, 0.25) is 0 Å². The summed E-state index contributed by atoms with van der Waals surface area (Å²) in [7, 11) is 1.63. The summed E-state index contributed by atoms with van der Waals surface area (Å²) in [5, 5.41) is 11.5. The van der Waals surface area contributed by atoms with Crippen LogP contribution in [0.3, 0.4) is 0 Å². The summed E-state index contributed by atoms with van der Waals surface area (Å²) in [6, 6.07) is 0. The highest BCUT2D eigenvalue weighted by Crippen LogP contribution is 2.05. The predicted molar refractivity (Wildman–Crippen MR) is 46.3 cm³/mol. The Balaban J connectivity index is 2.48. The number of aliphatic carboxylic acids is 1. The number of carbonyl (C=O) groups excluding carboxylic acids is 1. The summed E-state index contributed by atoms with van der Waals surface area (Å²) in [4.78, 5) is 23.2. The zero-order chi connectivity index (χ0) is 9.84. The molecule has 0 spiro atoms. The standard InChI is InChI=1S/C8H14N2O3/c1-10(5-7(12)13)8-6(11)3-2-4-9-8/h8-9H,2-5H2,1H3,(H,12,13). The molecule has 5 heteroatoms. The Hall–Kier alpha value is -0.940. The van der Waals surface area contributed by atoms with Crippen LogP contribution in [-0.2, 0) is 9.59 Å². The fraction of sp³-hybridized carbons (Fsp3) is 0.750. The molecule has 1 aliphatic rings. The van der Waals surface area contributed by atoms with Crippen LogP contribution in [-0.4, -0.2) is 48.1 Å². The number of ketones is 1. The van der Waals surface area contributed by atoms with E-state index < -0.39 is 12.1 Å². The van der Waals surface area contributed by atoms with Gasteiger partial charge in [-0.3, -0.25) is 19.8 Å². The van der Waals surface area contributed by atoms with Crippen LogP contribution >= 0.6 is 0 Å². The van der Waals surface area contributed by atoms with Crippen LogP contribution in [0, 0.1) is 0 Å². The van der Waals surface area contributed by atoms with Crippen molar-refractivity contribution in [3.05, 3.63) is 0 Å². The largest absolute Gasteiger partial charge is 0.480 e. The summed E-state index contributed by atoms with van der Waals surface area (Å²) < 4.78 is 0. The molecule has 5 nitrogen and oxygen atoms in total. The van der Waals surface area contributed by atoms with Crippen molar-refractivity contribution in [2.45, 2.75) is 19.0 Å². The normalized spacial score (nSPS) is 23.5. The molecule has 0 aromatic rings. The van der Waals surface area contributed by atoms with Crippen molar-refractivity contribution in [1.29, 1.82) is 0 Å². The maximum Gasteiger partial charge on any atom is 0.317 e. The van der Waals surface area contributed by atoms with Crippen LogP contribution in [0.4, 0.5) is 0 Å². The molecule has 0 bridgehead atoms. The van der Waals surface area contributed by atoms with Gasteiger partial charge in [0.1, 0.15) is 6.17 Å². The smallest absolute Gasteiger partial charge is 0.317 e. The monoisotopic (exact) mass is 186 g/mol. The molecule has 0 saturated carbocycles. The SMILES string of the molecule is CN(CC(=O)O)C1NCCCC1=O. The second-order valence-corrected chi connectivity index (χ2v) is 3.24. The minimum atomic E-state index is -0.914. The molecule has 1 saturated heterocycles. The highest BCUT2D eigenvalue weighted by atomic mass is 16.4. The zero-order valence-electron chi connectivity index (χ0n) is 7.62. The Kier molecular flexibility index (Phi) is 3.39. The number of nitrogens with one attached hydrogen (secondary N) is 1. The lowest BCUT2D eigenvalue weighted by Crippen LogP contribution is -2.53. The summed E-state index contributed by atoms with van der Waals surface area (Å²) in [5.41, 5.74) is 0. The third-order valence-corrected chi connectivity index (χ3v) is 2.07. The van der Waals surface area contributed by atoms with E-state index in [2.05, 4.69) is 5.32 Å². The summed E-state index contributed by atoms with van der Waals surface area (Å²) in [6.07, 6.45) is 0.975. The van der Waals surface area contributed by atoms with E-state index in [0.717, 1.165) is 13.0 Å². The molecule has 0 radical (unpaired) electrons. The van der Waals surface area contributed by atoms with Gasteiger partial charge in [-0.2, -0.15) is 0 Å². The number of piperidine rings is 1. The molecular formula is C8H14N2O3. The molecule has 1 atom stereocenters. The third kappa shape index (κ3) is 2.78. The molecule has 0 aliphatic carbocycles. The van der Waals surface area contributed by atoms with E-state index in [-0.39, 0.29) is 12.3 Å². The lowest BCUT2D eigenvalue weighted by atomic mass is 10.1. The molecule has 0 aromatic heterocycles. The van der Waals surface area contributed by atoms with Crippen LogP contribution in [0.15, 0.2) is 0 Å².